The smallest absolute Gasteiger partial charge is 0.113 e. The van der Waals surface area contributed by atoms with Crippen LogP contribution < -0.4 is 11.1 Å². The Hall–Kier alpha value is -1.55. The van der Waals surface area contributed by atoms with Gasteiger partial charge in [-0.2, -0.15) is 0 Å². The minimum Gasteiger partial charge on any atom is -0.399 e. The number of rotatable bonds is 2. The van der Waals surface area contributed by atoms with Crippen LogP contribution in [0.25, 0.3) is 5.52 Å². The second kappa shape index (κ2) is 4.37. The molecule has 1 unspecified atom stereocenters. The van der Waals surface area contributed by atoms with Gasteiger partial charge in [-0.05, 0) is 44.0 Å². The minimum atomic E-state index is 0.715. The lowest BCUT2D eigenvalue weighted by Gasteiger charge is -2.22. The molecule has 1 aliphatic heterocycles. The number of imidazole rings is 1. The summed E-state index contributed by atoms with van der Waals surface area (Å²) in [5, 5.41) is 3.45. The standard InChI is InChI=1S/C13H18N4/c14-11-3-5-17-12(7-11)9-16-13(17)6-10-2-1-4-15-8-10/h3,5,7,9-10,15H,1-2,4,6,8,14H2. The first-order chi connectivity index (χ1) is 8.33. The number of nitrogens with one attached hydrogen (secondary N) is 1. The van der Waals surface area contributed by atoms with Gasteiger partial charge >= 0.3 is 0 Å². The van der Waals surface area contributed by atoms with Gasteiger partial charge < -0.3 is 15.5 Å². The SMILES string of the molecule is Nc1ccn2c(CC3CCCNC3)ncc2c1. The number of anilines is 1. The first kappa shape index (κ1) is 10.6. The molecule has 0 aromatic carbocycles. The quantitative estimate of drug-likeness (QED) is 0.821. The molecule has 4 heteroatoms. The van der Waals surface area contributed by atoms with E-state index in [4.69, 9.17) is 5.73 Å². The zero-order valence-corrected chi connectivity index (χ0v) is 9.89. The summed E-state index contributed by atoms with van der Waals surface area (Å²) in [4.78, 5) is 4.51. The molecule has 3 rings (SSSR count). The Morgan fingerprint density at radius 1 is 1.53 bits per heavy atom. The third kappa shape index (κ3) is 2.13. The maximum Gasteiger partial charge on any atom is 0.113 e. The van der Waals surface area contributed by atoms with Gasteiger partial charge in [-0.1, -0.05) is 0 Å². The van der Waals surface area contributed by atoms with Crippen LogP contribution >= 0.6 is 0 Å². The van der Waals surface area contributed by atoms with E-state index in [0.717, 1.165) is 36.5 Å². The molecule has 0 amide bonds. The molecule has 1 atom stereocenters. The second-order valence-corrected chi connectivity index (χ2v) is 4.85. The minimum absolute atomic E-state index is 0.715. The monoisotopic (exact) mass is 230 g/mol. The summed E-state index contributed by atoms with van der Waals surface area (Å²) in [6.45, 7) is 2.28. The Morgan fingerprint density at radius 3 is 3.29 bits per heavy atom. The number of aromatic nitrogens is 2. The number of nitrogens with two attached hydrogens (primary N) is 1. The predicted molar refractivity (Wildman–Crippen MR) is 68.9 cm³/mol. The maximum absolute atomic E-state index is 5.77. The van der Waals surface area contributed by atoms with Crippen molar-refractivity contribution in [1.29, 1.82) is 0 Å². The molecular weight excluding hydrogens is 212 g/mol. The third-order valence-corrected chi connectivity index (χ3v) is 3.50. The van der Waals surface area contributed by atoms with Gasteiger partial charge in [0.15, 0.2) is 0 Å². The number of hydrogen-bond donors (Lipinski definition) is 2. The van der Waals surface area contributed by atoms with Crippen LogP contribution in [0.2, 0.25) is 0 Å². The molecule has 17 heavy (non-hydrogen) atoms. The lowest BCUT2D eigenvalue weighted by atomic mass is 9.96. The molecule has 0 spiro atoms. The summed E-state index contributed by atoms with van der Waals surface area (Å²) >= 11 is 0. The Balaban J connectivity index is 1.84. The van der Waals surface area contributed by atoms with E-state index < -0.39 is 0 Å². The van der Waals surface area contributed by atoms with E-state index >= 15 is 0 Å². The van der Waals surface area contributed by atoms with Crippen LogP contribution in [0.3, 0.4) is 0 Å². The fourth-order valence-electron chi connectivity index (χ4n) is 2.58. The highest BCUT2D eigenvalue weighted by Gasteiger charge is 2.15. The maximum atomic E-state index is 5.77. The van der Waals surface area contributed by atoms with Crippen molar-refractivity contribution < 1.29 is 0 Å². The van der Waals surface area contributed by atoms with Gasteiger partial charge in [0.1, 0.15) is 5.82 Å². The van der Waals surface area contributed by atoms with Gasteiger partial charge in [0, 0.05) is 18.3 Å². The normalized spacial score (nSPS) is 20.8. The molecular formula is C13H18N4. The van der Waals surface area contributed by atoms with Gasteiger partial charge in [0.25, 0.3) is 0 Å². The average molecular weight is 230 g/mol. The van der Waals surface area contributed by atoms with Crippen LogP contribution in [0, 0.1) is 5.92 Å². The number of nitrogen functional groups attached to an aromatic ring is 1. The summed E-state index contributed by atoms with van der Waals surface area (Å²) < 4.78 is 2.14. The van der Waals surface area contributed by atoms with Crippen molar-refractivity contribution in [1.82, 2.24) is 14.7 Å². The fraction of sp³-hybridized carbons (Fsp3) is 0.462. The highest BCUT2D eigenvalue weighted by atomic mass is 15.0. The molecule has 2 aromatic rings. The van der Waals surface area contributed by atoms with E-state index in [2.05, 4.69) is 14.7 Å². The van der Waals surface area contributed by atoms with Gasteiger partial charge in [-0.15, -0.1) is 0 Å². The highest BCUT2D eigenvalue weighted by molar-refractivity contribution is 5.55. The van der Waals surface area contributed by atoms with E-state index in [-0.39, 0.29) is 0 Å². The van der Waals surface area contributed by atoms with Crippen molar-refractivity contribution in [2.75, 3.05) is 18.8 Å². The molecule has 0 saturated carbocycles. The topological polar surface area (TPSA) is 55.4 Å². The first-order valence-electron chi connectivity index (χ1n) is 6.25. The van der Waals surface area contributed by atoms with Crippen molar-refractivity contribution in [3.63, 3.8) is 0 Å². The fourth-order valence-corrected chi connectivity index (χ4v) is 2.58. The molecule has 2 aromatic heterocycles. The van der Waals surface area contributed by atoms with Gasteiger partial charge in [-0.3, -0.25) is 0 Å². The Labute approximate surface area is 101 Å². The van der Waals surface area contributed by atoms with Crippen LogP contribution in [-0.2, 0) is 6.42 Å². The molecule has 1 aliphatic rings. The van der Waals surface area contributed by atoms with E-state index in [0.29, 0.717) is 5.92 Å². The molecule has 1 saturated heterocycles. The van der Waals surface area contributed by atoms with E-state index in [1.165, 1.54) is 12.8 Å². The Bertz CT molecular complexity index is 511. The molecule has 1 fully saturated rings. The zero-order valence-electron chi connectivity index (χ0n) is 9.89. The van der Waals surface area contributed by atoms with Gasteiger partial charge in [0.05, 0.1) is 11.7 Å². The number of nitrogens with zero attached hydrogens (tertiary/aromatic N) is 2. The molecule has 0 aliphatic carbocycles. The van der Waals surface area contributed by atoms with Crippen molar-refractivity contribution >= 4 is 11.2 Å². The molecule has 3 heterocycles. The number of hydrogen-bond acceptors (Lipinski definition) is 3. The van der Waals surface area contributed by atoms with E-state index in [1.807, 2.05) is 24.5 Å². The summed E-state index contributed by atoms with van der Waals surface area (Å²) in [7, 11) is 0. The van der Waals surface area contributed by atoms with Gasteiger partial charge in [0.2, 0.25) is 0 Å². The molecule has 0 bridgehead atoms. The first-order valence-corrected chi connectivity index (χ1v) is 6.25. The predicted octanol–water partition coefficient (Wildman–Crippen LogP) is 1.46. The average Bonchev–Trinajstić information content (AvgIpc) is 2.73. The number of pyridine rings is 1. The largest absolute Gasteiger partial charge is 0.399 e. The molecule has 0 radical (unpaired) electrons. The van der Waals surface area contributed by atoms with Crippen LogP contribution in [0.15, 0.2) is 24.5 Å². The summed E-state index contributed by atoms with van der Waals surface area (Å²) in [6.07, 6.45) is 7.55. The van der Waals surface area contributed by atoms with Crippen molar-refractivity contribution in [3.05, 3.63) is 30.4 Å². The third-order valence-electron chi connectivity index (χ3n) is 3.50. The van der Waals surface area contributed by atoms with E-state index in [9.17, 15) is 0 Å². The molecule has 4 nitrogen and oxygen atoms in total. The molecule has 90 valence electrons. The lowest BCUT2D eigenvalue weighted by molar-refractivity contribution is 0.370. The summed E-state index contributed by atoms with van der Waals surface area (Å²) in [5.41, 5.74) is 7.65. The second-order valence-electron chi connectivity index (χ2n) is 4.85. The van der Waals surface area contributed by atoms with Crippen molar-refractivity contribution in [3.8, 4) is 0 Å². The Kier molecular flexibility index (Phi) is 2.73. The van der Waals surface area contributed by atoms with E-state index in [1.54, 1.807) is 0 Å². The highest BCUT2D eigenvalue weighted by Crippen LogP contribution is 2.18. The van der Waals surface area contributed by atoms with Gasteiger partial charge in [-0.25, -0.2) is 4.98 Å². The lowest BCUT2D eigenvalue weighted by Crippen LogP contribution is -2.31. The molecule has 3 N–H and O–H groups in total. The summed E-state index contributed by atoms with van der Waals surface area (Å²) in [5.74, 6) is 1.86. The number of fused-ring (bicyclic) bond motifs is 1. The zero-order chi connectivity index (χ0) is 11.7. The number of piperidine rings is 1. The van der Waals surface area contributed by atoms with Crippen LogP contribution in [0.5, 0.6) is 0 Å². The van der Waals surface area contributed by atoms with Crippen LogP contribution in [0.1, 0.15) is 18.7 Å². The van der Waals surface area contributed by atoms with Crippen LogP contribution in [-0.4, -0.2) is 22.5 Å². The summed E-state index contributed by atoms with van der Waals surface area (Å²) in [6, 6.07) is 3.90. The van der Waals surface area contributed by atoms with Crippen molar-refractivity contribution in [2.24, 2.45) is 5.92 Å². The van der Waals surface area contributed by atoms with Crippen molar-refractivity contribution in [2.45, 2.75) is 19.3 Å². The van der Waals surface area contributed by atoms with Crippen LogP contribution in [0.4, 0.5) is 5.69 Å². The Morgan fingerprint density at radius 2 is 2.47 bits per heavy atom.